The van der Waals surface area contributed by atoms with Crippen LogP contribution in [0.5, 0.6) is 11.5 Å². The Morgan fingerprint density at radius 3 is 2.85 bits per heavy atom. The Balaban J connectivity index is 1.19. The summed E-state index contributed by atoms with van der Waals surface area (Å²) in [5, 5.41) is 5.22. The smallest absolute Gasteiger partial charge is 0.266 e. The first-order chi connectivity index (χ1) is 16.1. The van der Waals surface area contributed by atoms with Crippen molar-refractivity contribution in [2.75, 3.05) is 18.7 Å². The molecule has 0 radical (unpaired) electrons. The lowest BCUT2D eigenvalue weighted by atomic mass is 10.2. The van der Waals surface area contributed by atoms with Gasteiger partial charge in [0.15, 0.2) is 16.6 Å². The number of nitrogens with one attached hydrogen (secondary N) is 1. The molecule has 2 aliphatic heterocycles. The Labute approximate surface area is 203 Å². The van der Waals surface area contributed by atoms with Gasteiger partial charge in [-0.2, -0.15) is 0 Å². The lowest BCUT2D eigenvalue weighted by molar-refractivity contribution is -0.122. The average molecular weight is 496 g/mol. The quantitative estimate of drug-likeness (QED) is 0.390. The molecule has 0 bridgehead atoms. The standard InChI is InChI=1S/C23H17N3O4S3/c27-20(25-22-24-16(12-32-22)15-4-2-1-3-5-15)8-9-26-21(28)19(33-23(26)31)11-14-6-7-17-18(10-14)30-13-29-17/h1-7,10-12H,8-9,13H2,(H,24,25,27). The molecule has 2 amide bonds. The number of thiocarbonyl (C=S) groups is 1. The molecule has 166 valence electrons. The van der Waals surface area contributed by atoms with Crippen LogP contribution in [0, 0.1) is 0 Å². The number of carbonyl (C=O) groups excluding carboxylic acids is 2. The molecule has 3 heterocycles. The molecule has 33 heavy (non-hydrogen) atoms. The van der Waals surface area contributed by atoms with E-state index in [-0.39, 0.29) is 31.6 Å². The van der Waals surface area contributed by atoms with E-state index in [0.717, 1.165) is 16.8 Å². The monoisotopic (exact) mass is 495 g/mol. The van der Waals surface area contributed by atoms with Gasteiger partial charge in [-0.15, -0.1) is 11.3 Å². The number of fused-ring (bicyclic) bond motifs is 1. The van der Waals surface area contributed by atoms with Gasteiger partial charge in [-0.25, -0.2) is 4.98 Å². The third kappa shape index (κ3) is 4.77. The Morgan fingerprint density at radius 2 is 2.00 bits per heavy atom. The summed E-state index contributed by atoms with van der Waals surface area (Å²) in [4.78, 5) is 31.7. The normalized spacial score (nSPS) is 16.0. The summed E-state index contributed by atoms with van der Waals surface area (Å²) >= 11 is 7.95. The third-order valence-corrected chi connectivity index (χ3v) is 7.09. The number of hydrogen-bond donors (Lipinski definition) is 1. The van der Waals surface area contributed by atoms with E-state index < -0.39 is 0 Å². The van der Waals surface area contributed by atoms with Crippen LogP contribution in [0.25, 0.3) is 17.3 Å². The minimum absolute atomic E-state index is 0.115. The highest BCUT2D eigenvalue weighted by Crippen LogP contribution is 2.36. The molecule has 1 N–H and O–H groups in total. The number of nitrogens with zero attached hydrogens (tertiary/aromatic N) is 2. The zero-order chi connectivity index (χ0) is 22.8. The summed E-state index contributed by atoms with van der Waals surface area (Å²) in [6.45, 7) is 0.392. The van der Waals surface area contributed by atoms with E-state index in [1.807, 2.05) is 47.8 Å². The van der Waals surface area contributed by atoms with E-state index in [9.17, 15) is 9.59 Å². The number of hydrogen-bond acceptors (Lipinski definition) is 8. The number of thiazole rings is 1. The summed E-state index contributed by atoms with van der Waals surface area (Å²) in [7, 11) is 0. The fourth-order valence-electron chi connectivity index (χ4n) is 3.31. The van der Waals surface area contributed by atoms with Gasteiger partial charge < -0.3 is 14.8 Å². The topological polar surface area (TPSA) is 80.8 Å². The van der Waals surface area contributed by atoms with Gasteiger partial charge in [-0.3, -0.25) is 14.5 Å². The van der Waals surface area contributed by atoms with Gasteiger partial charge in [0.1, 0.15) is 4.32 Å². The largest absolute Gasteiger partial charge is 0.454 e. The lowest BCUT2D eigenvalue weighted by Gasteiger charge is -2.13. The van der Waals surface area contributed by atoms with Crippen LogP contribution >= 0.6 is 35.3 Å². The van der Waals surface area contributed by atoms with E-state index in [1.165, 1.54) is 28.0 Å². The van der Waals surface area contributed by atoms with Crippen molar-refractivity contribution in [1.82, 2.24) is 9.88 Å². The van der Waals surface area contributed by atoms with Crippen LogP contribution in [0.3, 0.4) is 0 Å². The van der Waals surface area contributed by atoms with E-state index in [1.54, 1.807) is 12.1 Å². The minimum Gasteiger partial charge on any atom is -0.454 e. The predicted molar refractivity (Wildman–Crippen MR) is 133 cm³/mol. The van der Waals surface area contributed by atoms with Crippen LogP contribution in [0.2, 0.25) is 0 Å². The molecule has 5 rings (SSSR count). The molecule has 0 aliphatic carbocycles. The van der Waals surface area contributed by atoms with Gasteiger partial charge in [0.05, 0.1) is 10.6 Å². The van der Waals surface area contributed by atoms with Gasteiger partial charge in [0, 0.05) is 23.9 Å². The van der Waals surface area contributed by atoms with Crippen molar-refractivity contribution < 1.29 is 19.1 Å². The summed E-state index contributed by atoms with van der Waals surface area (Å²) in [5.41, 5.74) is 2.61. The second kappa shape index (κ2) is 9.34. The maximum Gasteiger partial charge on any atom is 0.266 e. The maximum atomic E-state index is 12.8. The number of anilines is 1. The fraction of sp³-hybridized carbons (Fsp3) is 0.130. The predicted octanol–water partition coefficient (Wildman–Crippen LogP) is 4.77. The molecule has 0 saturated carbocycles. The lowest BCUT2D eigenvalue weighted by Crippen LogP contribution is -2.31. The second-order valence-corrected chi connectivity index (χ2v) is 9.68. The summed E-state index contributed by atoms with van der Waals surface area (Å²) < 4.78 is 11.1. The zero-order valence-corrected chi connectivity index (χ0v) is 19.6. The molecule has 7 nitrogen and oxygen atoms in total. The molecule has 2 aliphatic rings. The Morgan fingerprint density at radius 1 is 1.18 bits per heavy atom. The number of carbonyl (C=O) groups is 2. The van der Waals surface area contributed by atoms with Crippen molar-refractivity contribution in [2.45, 2.75) is 6.42 Å². The molecular formula is C23H17N3O4S3. The SMILES string of the molecule is O=C(CCN1C(=O)C(=Cc2ccc3c(c2)OCO3)SC1=S)Nc1nc(-c2ccccc2)cs1. The van der Waals surface area contributed by atoms with E-state index in [4.69, 9.17) is 21.7 Å². The maximum absolute atomic E-state index is 12.8. The van der Waals surface area contributed by atoms with Crippen molar-refractivity contribution in [2.24, 2.45) is 0 Å². The Kier molecular flexibility index (Phi) is 6.12. The molecule has 0 spiro atoms. The van der Waals surface area contributed by atoms with Crippen LogP contribution < -0.4 is 14.8 Å². The summed E-state index contributed by atoms with van der Waals surface area (Å²) in [5.74, 6) is 0.893. The highest BCUT2D eigenvalue weighted by atomic mass is 32.2. The van der Waals surface area contributed by atoms with Gasteiger partial charge in [-0.05, 0) is 23.8 Å². The number of aromatic nitrogens is 1. The second-order valence-electron chi connectivity index (χ2n) is 7.15. The van der Waals surface area contributed by atoms with Crippen LogP contribution in [0.1, 0.15) is 12.0 Å². The zero-order valence-electron chi connectivity index (χ0n) is 17.1. The van der Waals surface area contributed by atoms with Crippen LogP contribution in [0.15, 0.2) is 58.8 Å². The summed E-state index contributed by atoms with van der Waals surface area (Å²) in [6, 6.07) is 15.2. The molecule has 3 aromatic rings. The molecular weight excluding hydrogens is 478 g/mol. The summed E-state index contributed by atoms with van der Waals surface area (Å²) in [6.07, 6.45) is 1.88. The van der Waals surface area contributed by atoms with E-state index in [0.29, 0.717) is 25.9 Å². The molecule has 2 aromatic carbocycles. The number of rotatable bonds is 6. The Bertz CT molecular complexity index is 1270. The number of amides is 2. The Hall–Kier alpha value is -3.21. The van der Waals surface area contributed by atoms with Crippen LogP contribution in [-0.4, -0.2) is 39.4 Å². The third-order valence-electron chi connectivity index (χ3n) is 4.95. The first-order valence-electron chi connectivity index (χ1n) is 10.0. The molecule has 1 fully saturated rings. The van der Waals surface area contributed by atoms with Crippen molar-refractivity contribution in [3.05, 3.63) is 64.4 Å². The molecule has 10 heteroatoms. The van der Waals surface area contributed by atoms with Gasteiger partial charge in [-0.1, -0.05) is 60.4 Å². The first-order valence-corrected chi connectivity index (χ1v) is 12.1. The van der Waals surface area contributed by atoms with Gasteiger partial charge in [0.2, 0.25) is 12.7 Å². The highest BCUT2D eigenvalue weighted by Gasteiger charge is 2.32. The average Bonchev–Trinajstić information content (AvgIpc) is 3.53. The molecule has 1 saturated heterocycles. The van der Waals surface area contributed by atoms with Crippen LogP contribution in [-0.2, 0) is 9.59 Å². The van der Waals surface area contributed by atoms with Gasteiger partial charge >= 0.3 is 0 Å². The van der Waals surface area contributed by atoms with Crippen molar-refractivity contribution in [3.8, 4) is 22.8 Å². The fourth-order valence-corrected chi connectivity index (χ4v) is 5.36. The van der Waals surface area contributed by atoms with E-state index >= 15 is 0 Å². The van der Waals surface area contributed by atoms with Crippen LogP contribution in [0.4, 0.5) is 5.13 Å². The van der Waals surface area contributed by atoms with Crippen molar-refractivity contribution >= 4 is 62.7 Å². The van der Waals surface area contributed by atoms with Gasteiger partial charge in [0.25, 0.3) is 5.91 Å². The van der Waals surface area contributed by atoms with Crippen molar-refractivity contribution in [1.29, 1.82) is 0 Å². The number of thioether (sulfide) groups is 1. The number of benzene rings is 2. The number of ether oxygens (including phenoxy) is 2. The molecule has 0 atom stereocenters. The minimum atomic E-state index is -0.224. The highest BCUT2D eigenvalue weighted by molar-refractivity contribution is 8.26. The van der Waals surface area contributed by atoms with E-state index in [2.05, 4.69) is 10.3 Å². The molecule has 1 aromatic heterocycles. The molecule has 0 unspecified atom stereocenters. The first kappa shape index (κ1) is 21.6. The van der Waals surface area contributed by atoms with Crippen molar-refractivity contribution in [3.63, 3.8) is 0 Å².